The molecular weight excluding hydrogens is 262 g/mol. The summed E-state index contributed by atoms with van der Waals surface area (Å²) >= 11 is 0. The summed E-state index contributed by atoms with van der Waals surface area (Å²) < 4.78 is 6.00. The number of ether oxygens (including phenoxy) is 1. The van der Waals surface area contributed by atoms with Crippen LogP contribution in [-0.2, 0) is 6.42 Å². The van der Waals surface area contributed by atoms with Crippen molar-refractivity contribution in [2.75, 3.05) is 12.4 Å². The fourth-order valence-electron chi connectivity index (χ4n) is 2.22. The van der Waals surface area contributed by atoms with E-state index in [9.17, 15) is 0 Å². The first-order chi connectivity index (χ1) is 10.2. The number of nitrogens with one attached hydrogen (secondary N) is 1. The van der Waals surface area contributed by atoms with Gasteiger partial charge in [0.1, 0.15) is 17.9 Å². The molecule has 0 amide bonds. The molecule has 0 atom stereocenters. The van der Waals surface area contributed by atoms with Crippen molar-refractivity contribution in [2.45, 2.75) is 39.5 Å². The number of rotatable bonds is 6. The molecule has 112 valence electrons. The van der Waals surface area contributed by atoms with E-state index >= 15 is 0 Å². The average Bonchev–Trinajstić information content (AvgIpc) is 2.49. The molecule has 1 N–H and O–H groups in total. The van der Waals surface area contributed by atoms with Gasteiger partial charge in [-0.1, -0.05) is 39.3 Å². The summed E-state index contributed by atoms with van der Waals surface area (Å²) in [6.07, 6.45) is 3.44. The Morgan fingerprint density at radius 1 is 1.24 bits per heavy atom. The van der Waals surface area contributed by atoms with Gasteiger partial charge < -0.3 is 10.1 Å². The molecule has 1 heterocycles. The Morgan fingerprint density at radius 3 is 2.71 bits per heavy atom. The minimum atomic E-state index is 0.474. The van der Waals surface area contributed by atoms with E-state index < -0.39 is 0 Å². The second-order valence-corrected chi connectivity index (χ2v) is 5.34. The molecule has 2 aromatic rings. The topological polar surface area (TPSA) is 47.0 Å². The summed E-state index contributed by atoms with van der Waals surface area (Å²) in [7, 11) is 1.87. The van der Waals surface area contributed by atoms with Gasteiger partial charge in [-0.3, -0.25) is 0 Å². The molecule has 0 unspecified atom stereocenters. The van der Waals surface area contributed by atoms with Crippen molar-refractivity contribution in [3.8, 4) is 11.6 Å². The Kier molecular flexibility index (Phi) is 5.14. The fourth-order valence-corrected chi connectivity index (χ4v) is 2.22. The van der Waals surface area contributed by atoms with E-state index in [1.165, 1.54) is 11.9 Å². The van der Waals surface area contributed by atoms with Crippen LogP contribution in [0.15, 0.2) is 30.6 Å². The number of anilines is 1. The number of hydrogen-bond acceptors (Lipinski definition) is 4. The van der Waals surface area contributed by atoms with E-state index in [4.69, 9.17) is 4.74 Å². The highest BCUT2D eigenvalue weighted by Gasteiger charge is 2.12. The Bertz CT molecular complexity index is 596. The van der Waals surface area contributed by atoms with E-state index in [1.54, 1.807) is 0 Å². The van der Waals surface area contributed by atoms with Gasteiger partial charge in [0.2, 0.25) is 5.88 Å². The minimum absolute atomic E-state index is 0.474. The van der Waals surface area contributed by atoms with Crippen LogP contribution in [0.5, 0.6) is 11.6 Å². The van der Waals surface area contributed by atoms with Crippen LogP contribution < -0.4 is 10.1 Å². The highest BCUT2D eigenvalue weighted by atomic mass is 16.5. The first-order valence-corrected chi connectivity index (χ1v) is 7.45. The second-order valence-electron chi connectivity index (χ2n) is 5.34. The van der Waals surface area contributed by atoms with Crippen molar-refractivity contribution in [1.82, 2.24) is 9.97 Å². The van der Waals surface area contributed by atoms with Gasteiger partial charge in [-0.15, -0.1) is 0 Å². The monoisotopic (exact) mass is 285 g/mol. The second kappa shape index (κ2) is 7.07. The number of hydrogen-bond donors (Lipinski definition) is 1. The van der Waals surface area contributed by atoms with E-state index in [0.29, 0.717) is 11.8 Å². The van der Waals surface area contributed by atoms with E-state index in [1.807, 2.05) is 19.2 Å². The summed E-state index contributed by atoms with van der Waals surface area (Å²) in [6.45, 7) is 6.48. The predicted molar refractivity (Wildman–Crippen MR) is 86.2 cm³/mol. The normalized spacial score (nSPS) is 10.7. The Hall–Kier alpha value is -2.10. The van der Waals surface area contributed by atoms with Gasteiger partial charge in [-0.2, -0.15) is 0 Å². The molecule has 1 aromatic carbocycles. The predicted octanol–water partition coefficient (Wildman–Crippen LogP) is 4.39. The third kappa shape index (κ3) is 3.72. The van der Waals surface area contributed by atoms with Crippen LogP contribution in [0.3, 0.4) is 0 Å². The summed E-state index contributed by atoms with van der Waals surface area (Å²) in [6, 6.07) is 8.16. The molecule has 2 rings (SSSR count). The maximum Gasteiger partial charge on any atom is 0.227 e. The lowest BCUT2D eigenvalue weighted by atomic mass is 10.0. The maximum absolute atomic E-state index is 6.00. The van der Waals surface area contributed by atoms with Crippen LogP contribution in [0, 0.1) is 0 Å². The molecule has 0 aliphatic heterocycles. The molecule has 0 aliphatic carbocycles. The SMILES string of the molecule is CCCc1c(NC)ncnc1Oc1cccc(C(C)C)c1. The molecule has 0 saturated heterocycles. The van der Waals surface area contributed by atoms with Crippen LogP contribution >= 0.6 is 0 Å². The molecule has 0 saturated carbocycles. The average molecular weight is 285 g/mol. The molecule has 1 aromatic heterocycles. The van der Waals surface area contributed by atoms with Gasteiger partial charge in [-0.05, 0) is 30.0 Å². The molecule has 0 aliphatic rings. The van der Waals surface area contributed by atoms with Crippen LogP contribution in [0.4, 0.5) is 5.82 Å². The third-order valence-electron chi connectivity index (χ3n) is 3.38. The van der Waals surface area contributed by atoms with Crippen molar-refractivity contribution in [2.24, 2.45) is 0 Å². The van der Waals surface area contributed by atoms with Crippen molar-refractivity contribution in [1.29, 1.82) is 0 Å². The highest BCUT2D eigenvalue weighted by molar-refractivity contribution is 5.49. The maximum atomic E-state index is 6.00. The first kappa shape index (κ1) is 15.3. The lowest BCUT2D eigenvalue weighted by Crippen LogP contribution is -2.03. The quantitative estimate of drug-likeness (QED) is 0.855. The van der Waals surface area contributed by atoms with Crippen molar-refractivity contribution in [3.63, 3.8) is 0 Å². The third-order valence-corrected chi connectivity index (χ3v) is 3.38. The number of nitrogens with zero attached hydrogens (tertiary/aromatic N) is 2. The molecule has 0 radical (unpaired) electrons. The number of aromatic nitrogens is 2. The van der Waals surface area contributed by atoms with E-state index in [0.717, 1.165) is 30.0 Å². The summed E-state index contributed by atoms with van der Waals surface area (Å²) in [5.74, 6) is 2.76. The Balaban J connectivity index is 2.32. The first-order valence-electron chi connectivity index (χ1n) is 7.45. The standard InChI is InChI=1S/C17H23N3O/c1-5-7-15-16(18-4)19-11-20-17(15)21-14-9-6-8-13(10-14)12(2)3/h6,8-12H,5,7H2,1-4H3,(H,18,19,20). The molecular formula is C17H23N3O. The lowest BCUT2D eigenvalue weighted by Gasteiger charge is -2.13. The van der Waals surface area contributed by atoms with Gasteiger partial charge in [-0.25, -0.2) is 9.97 Å². The van der Waals surface area contributed by atoms with Crippen molar-refractivity contribution in [3.05, 3.63) is 41.7 Å². The molecule has 4 nitrogen and oxygen atoms in total. The molecule has 21 heavy (non-hydrogen) atoms. The van der Waals surface area contributed by atoms with Gasteiger partial charge in [0.25, 0.3) is 0 Å². The minimum Gasteiger partial charge on any atom is -0.439 e. The van der Waals surface area contributed by atoms with Gasteiger partial charge in [0.15, 0.2) is 0 Å². The fraction of sp³-hybridized carbons (Fsp3) is 0.412. The highest BCUT2D eigenvalue weighted by Crippen LogP contribution is 2.29. The van der Waals surface area contributed by atoms with E-state index in [-0.39, 0.29) is 0 Å². The molecule has 0 fully saturated rings. The Labute approximate surface area is 126 Å². The summed E-state index contributed by atoms with van der Waals surface area (Å²) in [4.78, 5) is 8.56. The number of benzene rings is 1. The van der Waals surface area contributed by atoms with E-state index in [2.05, 4.69) is 48.2 Å². The van der Waals surface area contributed by atoms with Crippen molar-refractivity contribution >= 4 is 5.82 Å². The zero-order chi connectivity index (χ0) is 15.2. The van der Waals surface area contributed by atoms with Gasteiger partial charge >= 0.3 is 0 Å². The Morgan fingerprint density at radius 2 is 2.05 bits per heavy atom. The van der Waals surface area contributed by atoms with Crippen molar-refractivity contribution < 1.29 is 4.74 Å². The molecule has 4 heteroatoms. The van der Waals surface area contributed by atoms with Crippen LogP contribution in [0.25, 0.3) is 0 Å². The van der Waals surface area contributed by atoms with Crippen LogP contribution in [0.2, 0.25) is 0 Å². The van der Waals surface area contributed by atoms with Gasteiger partial charge in [0, 0.05) is 7.05 Å². The van der Waals surface area contributed by atoms with Crippen LogP contribution in [-0.4, -0.2) is 17.0 Å². The zero-order valence-corrected chi connectivity index (χ0v) is 13.2. The molecule has 0 spiro atoms. The summed E-state index contributed by atoms with van der Waals surface area (Å²) in [5, 5.41) is 3.11. The summed E-state index contributed by atoms with van der Waals surface area (Å²) in [5.41, 5.74) is 2.28. The lowest BCUT2D eigenvalue weighted by molar-refractivity contribution is 0.453. The van der Waals surface area contributed by atoms with Crippen LogP contribution in [0.1, 0.15) is 44.2 Å². The smallest absolute Gasteiger partial charge is 0.227 e. The van der Waals surface area contributed by atoms with Gasteiger partial charge in [0.05, 0.1) is 5.56 Å². The zero-order valence-electron chi connectivity index (χ0n) is 13.2. The molecule has 0 bridgehead atoms. The largest absolute Gasteiger partial charge is 0.439 e.